The summed E-state index contributed by atoms with van der Waals surface area (Å²) < 4.78 is 0. The number of thiazole rings is 1. The van der Waals surface area contributed by atoms with Crippen LogP contribution in [0.5, 0.6) is 0 Å². The van der Waals surface area contributed by atoms with Gasteiger partial charge in [0, 0.05) is 49.7 Å². The van der Waals surface area contributed by atoms with Crippen LogP contribution in [0.3, 0.4) is 0 Å². The quantitative estimate of drug-likeness (QED) is 0.239. The lowest BCUT2D eigenvalue weighted by Crippen LogP contribution is -2.39. The van der Waals surface area contributed by atoms with Crippen LogP contribution in [-0.2, 0) is 12.8 Å². The molecule has 26 heavy (non-hydrogen) atoms. The predicted octanol–water partition coefficient (Wildman–Crippen LogP) is 3.69. The Morgan fingerprint density at radius 3 is 2.88 bits per heavy atom. The maximum atomic E-state index is 4.73. The number of aryl methyl sites for hydroxylation is 1. The molecule has 0 radical (unpaired) electrons. The van der Waals surface area contributed by atoms with Crippen LogP contribution >= 0.6 is 35.3 Å². The van der Waals surface area contributed by atoms with E-state index in [4.69, 9.17) is 4.99 Å². The largest absolute Gasteiger partial charge is 0.357 e. The van der Waals surface area contributed by atoms with Crippen molar-refractivity contribution in [3.63, 3.8) is 0 Å². The summed E-state index contributed by atoms with van der Waals surface area (Å²) in [7, 11) is 0. The highest BCUT2D eigenvalue weighted by atomic mass is 127. The monoisotopic (exact) mass is 493 g/mol. The second-order valence-electron chi connectivity index (χ2n) is 6.75. The van der Waals surface area contributed by atoms with Crippen LogP contribution in [0, 0.1) is 0 Å². The van der Waals surface area contributed by atoms with Gasteiger partial charge in [-0.1, -0.05) is 13.3 Å². The fraction of sp³-hybridized carbons (Fsp3) is 0.789. The molecule has 0 aromatic carbocycles. The molecule has 1 aromatic heterocycles. The summed E-state index contributed by atoms with van der Waals surface area (Å²) in [5, 5.41) is 7.98. The topological polar surface area (TPSA) is 52.6 Å². The third kappa shape index (κ3) is 8.52. The highest BCUT2D eigenvalue weighted by Gasteiger charge is 2.16. The minimum absolute atomic E-state index is 0. The molecule has 1 saturated heterocycles. The molecule has 0 amide bonds. The molecular formula is C19H36IN5S. The number of hydrogen-bond acceptors (Lipinski definition) is 4. The van der Waals surface area contributed by atoms with E-state index in [1.807, 2.05) is 17.5 Å². The molecule has 0 aliphatic carbocycles. The van der Waals surface area contributed by atoms with E-state index in [0.29, 0.717) is 0 Å². The molecule has 1 atom stereocenters. The number of likely N-dealkylation sites (tertiary alicyclic amines) is 1. The summed E-state index contributed by atoms with van der Waals surface area (Å²) in [6.45, 7) is 11.7. The molecule has 1 aromatic rings. The zero-order chi connectivity index (χ0) is 17.9. The first-order chi connectivity index (χ1) is 12.2. The van der Waals surface area contributed by atoms with Gasteiger partial charge in [-0.05, 0) is 46.1 Å². The molecule has 0 saturated carbocycles. The lowest BCUT2D eigenvalue weighted by atomic mass is 10.0. The molecule has 7 heteroatoms. The van der Waals surface area contributed by atoms with E-state index in [9.17, 15) is 0 Å². The number of guanidine groups is 1. The molecule has 2 N–H and O–H groups in total. The molecule has 1 aliphatic heterocycles. The van der Waals surface area contributed by atoms with Crippen molar-refractivity contribution in [3.05, 3.63) is 16.1 Å². The van der Waals surface area contributed by atoms with Gasteiger partial charge < -0.3 is 15.5 Å². The molecule has 0 spiro atoms. The lowest BCUT2D eigenvalue weighted by molar-refractivity contribution is 0.160. The standard InChI is InChI=1S/C19H35N5S.HI/c1-4-17-15-23-18(25-17)10-12-22-19(20-5-2)21-11-8-14-24-13-7-6-9-16(24)3;/h15-16H,4-14H2,1-3H3,(H2,20,21,22);1H. The second kappa shape index (κ2) is 13.7. The number of piperidine rings is 1. The molecular weight excluding hydrogens is 457 g/mol. The first-order valence-corrected chi connectivity index (χ1v) is 10.7. The molecule has 1 unspecified atom stereocenters. The SMILES string of the molecule is CCNC(=NCCCN1CCCCC1C)NCCc1ncc(CC)s1.I. The van der Waals surface area contributed by atoms with Crippen LogP contribution in [0.25, 0.3) is 0 Å². The van der Waals surface area contributed by atoms with E-state index in [2.05, 4.69) is 41.3 Å². The number of aliphatic imine (C=N–C) groups is 1. The van der Waals surface area contributed by atoms with Crippen LogP contribution < -0.4 is 10.6 Å². The van der Waals surface area contributed by atoms with Gasteiger partial charge in [0.2, 0.25) is 0 Å². The van der Waals surface area contributed by atoms with Gasteiger partial charge in [-0.3, -0.25) is 4.99 Å². The zero-order valence-electron chi connectivity index (χ0n) is 16.6. The van der Waals surface area contributed by atoms with Gasteiger partial charge in [0.25, 0.3) is 0 Å². The van der Waals surface area contributed by atoms with Crippen molar-refractivity contribution in [2.75, 3.05) is 32.7 Å². The summed E-state index contributed by atoms with van der Waals surface area (Å²) >= 11 is 1.82. The smallest absolute Gasteiger partial charge is 0.191 e. The third-order valence-corrected chi connectivity index (χ3v) is 5.94. The number of halogens is 1. The van der Waals surface area contributed by atoms with Crippen molar-refractivity contribution in [1.82, 2.24) is 20.5 Å². The highest BCUT2D eigenvalue weighted by Crippen LogP contribution is 2.16. The van der Waals surface area contributed by atoms with Crippen molar-refractivity contribution >= 4 is 41.3 Å². The number of nitrogens with zero attached hydrogens (tertiary/aromatic N) is 3. The fourth-order valence-electron chi connectivity index (χ4n) is 3.21. The van der Waals surface area contributed by atoms with Crippen molar-refractivity contribution in [2.45, 2.75) is 65.3 Å². The Labute approximate surface area is 180 Å². The van der Waals surface area contributed by atoms with Crippen LogP contribution in [-0.4, -0.2) is 54.6 Å². The number of aromatic nitrogens is 1. The Kier molecular flexibility index (Phi) is 12.5. The Morgan fingerprint density at radius 2 is 2.19 bits per heavy atom. The van der Waals surface area contributed by atoms with E-state index in [-0.39, 0.29) is 24.0 Å². The predicted molar refractivity (Wildman–Crippen MR) is 124 cm³/mol. The maximum absolute atomic E-state index is 4.73. The van der Waals surface area contributed by atoms with Gasteiger partial charge in [-0.15, -0.1) is 35.3 Å². The lowest BCUT2D eigenvalue weighted by Gasteiger charge is -2.33. The summed E-state index contributed by atoms with van der Waals surface area (Å²) in [5.41, 5.74) is 0. The summed E-state index contributed by atoms with van der Waals surface area (Å²) in [4.78, 5) is 13.2. The van der Waals surface area contributed by atoms with E-state index in [0.717, 1.165) is 50.9 Å². The minimum atomic E-state index is 0. The summed E-state index contributed by atoms with van der Waals surface area (Å²) in [6.07, 6.45) is 9.26. The van der Waals surface area contributed by atoms with Crippen LogP contribution in [0.1, 0.15) is 56.3 Å². The summed E-state index contributed by atoms with van der Waals surface area (Å²) in [6, 6.07) is 0.746. The molecule has 2 heterocycles. The number of hydrogen-bond donors (Lipinski definition) is 2. The first-order valence-electron chi connectivity index (χ1n) is 9.92. The second-order valence-corrected chi connectivity index (χ2v) is 7.95. The molecule has 150 valence electrons. The zero-order valence-corrected chi connectivity index (χ0v) is 19.7. The number of rotatable bonds is 9. The van der Waals surface area contributed by atoms with Crippen molar-refractivity contribution in [2.24, 2.45) is 4.99 Å². The first kappa shape index (κ1) is 23.6. The van der Waals surface area contributed by atoms with E-state index in [1.54, 1.807) is 0 Å². The highest BCUT2D eigenvalue weighted by molar-refractivity contribution is 14.0. The molecule has 5 nitrogen and oxygen atoms in total. The summed E-state index contributed by atoms with van der Waals surface area (Å²) in [5.74, 6) is 0.932. The Hall–Kier alpha value is -0.410. The Bertz CT molecular complexity index is 520. The van der Waals surface area contributed by atoms with Gasteiger partial charge in [-0.2, -0.15) is 0 Å². The van der Waals surface area contributed by atoms with Crippen LogP contribution in [0.4, 0.5) is 0 Å². The molecule has 1 fully saturated rings. The molecule has 2 rings (SSSR count). The van der Waals surface area contributed by atoms with Crippen molar-refractivity contribution in [3.8, 4) is 0 Å². The van der Waals surface area contributed by atoms with Gasteiger partial charge in [0.1, 0.15) is 0 Å². The van der Waals surface area contributed by atoms with Crippen LogP contribution in [0.2, 0.25) is 0 Å². The molecule has 1 aliphatic rings. The van der Waals surface area contributed by atoms with Gasteiger partial charge in [-0.25, -0.2) is 4.98 Å². The minimum Gasteiger partial charge on any atom is -0.357 e. The molecule has 0 bridgehead atoms. The average molecular weight is 494 g/mol. The van der Waals surface area contributed by atoms with E-state index >= 15 is 0 Å². The maximum Gasteiger partial charge on any atom is 0.191 e. The normalized spacial score (nSPS) is 18.4. The average Bonchev–Trinajstić information content (AvgIpc) is 3.08. The Balaban J connectivity index is 0.00000338. The van der Waals surface area contributed by atoms with E-state index in [1.165, 1.54) is 42.2 Å². The van der Waals surface area contributed by atoms with Gasteiger partial charge >= 0.3 is 0 Å². The van der Waals surface area contributed by atoms with Gasteiger partial charge in [0.15, 0.2) is 5.96 Å². The van der Waals surface area contributed by atoms with Gasteiger partial charge in [0.05, 0.1) is 5.01 Å². The van der Waals surface area contributed by atoms with Crippen LogP contribution in [0.15, 0.2) is 11.2 Å². The van der Waals surface area contributed by atoms with Crippen molar-refractivity contribution in [1.29, 1.82) is 0 Å². The number of nitrogens with one attached hydrogen (secondary N) is 2. The third-order valence-electron chi connectivity index (χ3n) is 4.74. The van der Waals surface area contributed by atoms with Crippen molar-refractivity contribution < 1.29 is 0 Å². The fourth-order valence-corrected chi connectivity index (χ4v) is 4.07. The van der Waals surface area contributed by atoms with E-state index < -0.39 is 0 Å². The Morgan fingerprint density at radius 1 is 1.35 bits per heavy atom.